The van der Waals surface area contributed by atoms with Crippen LogP contribution in [0, 0.1) is 0 Å². The molecule has 0 unspecified atom stereocenters. The quantitative estimate of drug-likeness (QED) is 0.759. The predicted molar refractivity (Wildman–Crippen MR) is 82.6 cm³/mol. The fourth-order valence-electron chi connectivity index (χ4n) is 2.53. The Morgan fingerprint density at radius 3 is 2.27 bits per heavy atom. The van der Waals surface area contributed by atoms with Gasteiger partial charge in [-0.25, -0.2) is 0 Å². The first-order chi connectivity index (χ1) is 10.6. The first-order valence-electron chi connectivity index (χ1n) is 6.91. The Morgan fingerprint density at radius 1 is 1.05 bits per heavy atom. The van der Waals surface area contributed by atoms with Gasteiger partial charge in [-0.05, 0) is 5.56 Å². The number of benzene rings is 2. The van der Waals surface area contributed by atoms with Gasteiger partial charge in [0.15, 0.2) is 0 Å². The molecule has 0 amide bonds. The van der Waals surface area contributed by atoms with E-state index in [0.29, 0.717) is 17.1 Å². The summed E-state index contributed by atoms with van der Waals surface area (Å²) in [4.78, 5) is 0. The number of hydrogen-bond acceptors (Lipinski definition) is 5. The maximum atomic E-state index is 10.4. The molecule has 2 aromatic carbocycles. The summed E-state index contributed by atoms with van der Waals surface area (Å²) in [5.41, 5.74) is 1.18. The number of phenolic OH excluding ortho intramolecular Hbond substituents is 1. The summed E-state index contributed by atoms with van der Waals surface area (Å²) in [6, 6.07) is 12.3. The van der Waals surface area contributed by atoms with Gasteiger partial charge >= 0.3 is 0 Å². The number of hydrogen-bond donors (Lipinski definition) is 3. The SMILES string of the molecule is COc1cc(O)c([C@H](c2ccccc2)[C@@H](O)CO)c(OC)c1. The van der Waals surface area contributed by atoms with Crippen LogP contribution >= 0.6 is 0 Å². The molecule has 2 aromatic rings. The van der Waals surface area contributed by atoms with E-state index in [2.05, 4.69) is 0 Å². The van der Waals surface area contributed by atoms with Crippen molar-refractivity contribution in [3.63, 3.8) is 0 Å². The second-order valence-corrected chi connectivity index (χ2v) is 4.90. The Morgan fingerprint density at radius 2 is 1.73 bits per heavy atom. The Kier molecular flexibility index (Phi) is 5.25. The van der Waals surface area contributed by atoms with E-state index in [1.54, 1.807) is 6.07 Å². The van der Waals surface area contributed by atoms with E-state index in [1.807, 2.05) is 30.3 Å². The third-order valence-electron chi connectivity index (χ3n) is 3.59. The second kappa shape index (κ2) is 7.15. The molecule has 0 aliphatic heterocycles. The summed E-state index contributed by atoms with van der Waals surface area (Å²) in [5, 5.41) is 30.0. The van der Waals surface area contributed by atoms with Gasteiger partial charge in [-0.15, -0.1) is 0 Å². The van der Waals surface area contributed by atoms with Crippen LogP contribution in [0.1, 0.15) is 17.0 Å². The summed E-state index contributed by atoms with van der Waals surface area (Å²) in [6.45, 7) is -0.436. The lowest BCUT2D eigenvalue weighted by Crippen LogP contribution is -2.24. The lowest BCUT2D eigenvalue weighted by Gasteiger charge is -2.25. The van der Waals surface area contributed by atoms with Crippen LogP contribution in [0.2, 0.25) is 0 Å². The molecule has 3 N–H and O–H groups in total. The van der Waals surface area contributed by atoms with Crippen molar-refractivity contribution in [2.75, 3.05) is 20.8 Å². The van der Waals surface area contributed by atoms with Crippen LogP contribution < -0.4 is 9.47 Å². The molecule has 0 bridgehead atoms. The smallest absolute Gasteiger partial charge is 0.130 e. The van der Waals surface area contributed by atoms with Crippen molar-refractivity contribution in [2.45, 2.75) is 12.0 Å². The first-order valence-corrected chi connectivity index (χ1v) is 6.91. The summed E-state index contributed by atoms with van der Waals surface area (Å²) < 4.78 is 10.4. The molecule has 2 atom stereocenters. The molecule has 2 rings (SSSR count). The van der Waals surface area contributed by atoms with Gasteiger partial charge in [0.05, 0.1) is 26.9 Å². The Labute approximate surface area is 129 Å². The highest BCUT2D eigenvalue weighted by molar-refractivity contribution is 5.55. The fourth-order valence-corrected chi connectivity index (χ4v) is 2.53. The number of aromatic hydroxyl groups is 1. The van der Waals surface area contributed by atoms with E-state index in [1.165, 1.54) is 20.3 Å². The van der Waals surface area contributed by atoms with Gasteiger partial charge in [0, 0.05) is 23.6 Å². The molecule has 0 fully saturated rings. The third kappa shape index (κ3) is 3.16. The molecule has 0 heterocycles. The predicted octanol–water partition coefficient (Wildman–Crippen LogP) is 1.89. The van der Waals surface area contributed by atoms with Gasteiger partial charge in [0.25, 0.3) is 0 Å². The number of methoxy groups -OCH3 is 2. The van der Waals surface area contributed by atoms with Crippen molar-refractivity contribution in [1.82, 2.24) is 0 Å². The molecule has 118 valence electrons. The molecule has 0 radical (unpaired) electrons. The van der Waals surface area contributed by atoms with Crippen molar-refractivity contribution in [1.29, 1.82) is 0 Å². The van der Waals surface area contributed by atoms with Crippen molar-refractivity contribution in [3.8, 4) is 17.2 Å². The molecular weight excluding hydrogens is 284 g/mol. The van der Waals surface area contributed by atoms with Crippen LogP contribution in [-0.4, -0.2) is 42.3 Å². The maximum absolute atomic E-state index is 10.4. The van der Waals surface area contributed by atoms with E-state index < -0.39 is 18.6 Å². The van der Waals surface area contributed by atoms with Crippen LogP contribution in [0.3, 0.4) is 0 Å². The topological polar surface area (TPSA) is 79.2 Å². The summed E-state index contributed by atoms with van der Waals surface area (Å²) in [5.74, 6) is 0.159. The molecule has 0 aliphatic carbocycles. The van der Waals surface area contributed by atoms with Crippen molar-refractivity contribution >= 4 is 0 Å². The Balaban J connectivity index is 2.62. The standard InChI is InChI=1S/C17H20O5/c1-21-12-8-13(19)17(15(9-12)22-2)16(14(20)10-18)11-6-4-3-5-7-11/h3-9,14,16,18-20H,10H2,1-2H3/t14-,16+/m0/s1. The minimum absolute atomic E-state index is 0.0578. The van der Waals surface area contributed by atoms with E-state index in [-0.39, 0.29) is 5.75 Å². The van der Waals surface area contributed by atoms with Gasteiger partial charge in [0.1, 0.15) is 17.2 Å². The third-order valence-corrected chi connectivity index (χ3v) is 3.59. The molecule has 5 nitrogen and oxygen atoms in total. The van der Waals surface area contributed by atoms with Gasteiger partial charge in [-0.2, -0.15) is 0 Å². The monoisotopic (exact) mass is 304 g/mol. The van der Waals surface area contributed by atoms with Gasteiger partial charge < -0.3 is 24.8 Å². The Bertz CT molecular complexity index is 612. The van der Waals surface area contributed by atoms with Gasteiger partial charge in [-0.1, -0.05) is 30.3 Å². The molecule has 0 aliphatic rings. The highest BCUT2D eigenvalue weighted by Crippen LogP contribution is 2.42. The Hall–Kier alpha value is -2.24. The minimum atomic E-state index is -1.07. The minimum Gasteiger partial charge on any atom is -0.507 e. The zero-order chi connectivity index (χ0) is 16.1. The largest absolute Gasteiger partial charge is 0.507 e. The van der Waals surface area contributed by atoms with Crippen LogP contribution in [0.15, 0.2) is 42.5 Å². The van der Waals surface area contributed by atoms with Crippen molar-refractivity contribution in [3.05, 3.63) is 53.6 Å². The van der Waals surface area contributed by atoms with E-state index in [4.69, 9.17) is 9.47 Å². The van der Waals surface area contributed by atoms with E-state index in [9.17, 15) is 15.3 Å². The van der Waals surface area contributed by atoms with Crippen LogP contribution in [-0.2, 0) is 0 Å². The van der Waals surface area contributed by atoms with Gasteiger partial charge in [0.2, 0.25) is 0 Å². The highest BCUT2D eigenvalue weighted by atomic mass is 16.5. The maximum Gasteiger partial charge on any atom is 0.130 e. The normalized spacial score (nSPS) is 13.5. The lowest BCUT2D eigenvalue weighted by molar-refractivity contribution is 0.0810. The zero-order valence-electron chi connectivity index (χ0n) is 12.6. The summed E-state index contributed by atoms with van der Waals surface area (Å²) in [7, 11) is 2.97. The molecule has 0 spiro atoms. The number of rotatable bonds is 6. The van der Waals surface area contributed by atoms with Crippen molar-refractivity contribution in [2.24, 2.45) is 0 Å². The van der Waals surface area contributed by atoms with Crippen LogP contribution in [0.5, 0.6) is 17.2 Å². The average molecular weight is 304 g/mol. The lowest BCUT2D eigenvalue weighted by atomic mass is 9.85. The van der Waals surface area contributed by atoms with E-state index in [0.717, 1.165) is 5.56 Å². The van der Waals surface area contributed by atoms with Crippen LogP contribution in [0.25, 0.3) is 0 Å². The number of aliphatic hydroxyl groups is 2. The zero-order valence-corrected chi connectivity index (χ0v) is 12.6. The number of phenols is 1. The molecule has 0 saturated carbocycles. The van der Waals surface area contributed by atoms with Crippen molar-refractivity contribution < 1.29 is 24.8 Å². The first kappa shape index (κ1) is 16.1. The second-order valence-electron chi connectivity index (χ2n) is 4.90. The fraction of sp³-hybridized carbons (Fsp3) is 0.294. The molecule has 0 saturated heterocycles. The summed E-state index contributed by atoms with van der Waals surface area (Å²) >= 11 is 0. The average Bonchev–Trinajstić information content (AvgIpc) is 2.56. The summed E-state index contributed by atoms with van der Waals surface area (Å²) in [6.07, 6.45) is -1.07. The highest BCUT2D eigenvalue weighted by Gasteiger charge is 2.29. The molecular formula is C17H20O5. The number of aliphatic hydroxyl groups excluding tert-OH is 2. The molecule has 5 heteroatoms. The molecule has 0 aromatic heterocycles. The van der Waals surface area contributed by atoms with Crippen LogP contribution in [0.4, 0.5) is 0 Å². The molecule has 22 heavy (non-hydrogen) atoms. The number of ether oxygens (including phenoxy) is 2. The van der Waals surface area contributed by atoms with Gasteiger partial charge in [-0.3, -0.25) is 0 Å². The van der Waals surface area contributed by atoms with E-state index >= 15 is 0 Å².